The van der Waals surface area contributed by atoms with E-state index in [1.54, 1.807) is 42.2 Å². The second-order valence-electron chi connectivity index (χ2n) is 5.49. The van der Waals surface area contributed by atoms with Gasteiger partial charge < -0.3 is 14.9 Å². The number of likely N-dealkylation sites (N-methyl/N-ethyl adjacent to an activating group) is 1. The van der Waals surface area contributed by atoms with Crippen molar-refractivity contribution >= 4 is 23.1 Å². The molecule has 1 fully saturated rings. The third kappa shape index (κ3) is 3.07. The first-order valence-electron chi connectivity index (χ1n) is 6.95. The number of aromatic nitrogens is 3. The number of carbonyl (C=O) groups is 1. The van der Waals surface area contributed by atoms with Crippen molar-refractivity contribution in [3.05, 3.63) is 35.2 Å². The van der Waals surface area contributed by atoms with E-state index in [1.165, 1.54) is 11.3 Å². The van der Waals surface area contributed by atoms with E-state index in [0.717, 1.165) is 5.82 Å². The Bertz CT molecular complexity index is 636. The number of β-amino-alcohol motifs (C(OH)–C–C–N with tert-alkyl or cyclic N) is 1. The van der Waals surface area contributed by atoms with E-state index in [-0.39, 0.29) is 12.5 Å². The Labute approximate surface area is 132 Å². The molecule has 1 aliphatic heterocycles. The van der Waals surface area contributed by atoms with Crippen LogP contribution >= 0.6 is 11.3 Å². The minimum Gasteiger partial charge on any atom is -0.386 e. The summed E-state index contributed by atoms with van der Waals surface area (Å²) in [4.78, 5) is 28.6. The van der Waals surface area contributed by atoms with E-state index in [9.17, 15) is 9.90 Å². The molecule has 1 unspecified atom stereocenters. The summed E-state index contributed by atoms with van der Waals surface area (Å²) in [7, 11) is 1.70. The van der Waals surface area contributed by atoms with E-state index in [4.69, 9.17) is 0 Å². The van der Waals surface area contributed by atoms with Gasteiger partial charge in [-0.2, -0.15) is 0 Å². The minimum atomic E-state index is -0.938. The van der Waals surface area contributed by atoms with Crippen molar-refractivity contribution in [1.82, 2.24) is 19.9 Å². The summed E-state index contributed by atoms with van der Waals surface area (Å²) in [5, 5.41) is 10.7. The standard InChI is InChI=1S/C14H17N5O2S/c1-18(13(20)11-6-16-10-22-11)8-14(21)2-5-19(9-14)12-7-15-3-4-17-12/h3-4,6-7,10,21H,2,5,8-9H2,1H3. The van der Waals surface area contributed by atoms with Crippen LogP contribution in [0.15, 0.2) is 30.3 Å². The quantitative estimate of drug-likeness (QED) is 0.891. The summed E-state index contributed by atoms with van der Waals surface area (Å²) in [6.07, 6.45) is 7.06. The zero-order valence-electron chi connectivity index (χ0n) is 12.2. The van der Waals surface area contributed by atoms with Gasteiger partial charge in [-0.3, -0.25) is 14.8 Å². The fourth-order valence-corrected chi connectivity index (χ4v) is 3.27. The molecular formula is C14H17N5O2S. The highest BCUT2D eigenvalue weighted by Crippen LogP contribution is 2.26. The second kappa shape index (κ2) is 5.98. The van der Waals surface area contributed by atoms with Gasteiger partial charge >= 0.3 is 0 Å². The van der Waals surface area contributed by atoms with E-state index in [2.05, 4.69) is 15.0 Å². The molecule has 3 heterocycles. The van der Waals surface area contributed by atoms with Crippen LogP contribution in [0.3, 0.4) is 0 Å². The summed E-state index contributed by atoms with van der Waals surface area (Å²) in [5.41, 5.74) is 0.688. The fourth-order valence-electron chi connectivity index (χ4n) is 2.66. The Balaban J connectivity index is 1.64. The van der Waals surface area contributed by atoms with Crippen LogP contribution in [0.5, 0.6) is 0 Å². The number of hydrogen-bond acceptors (Lipinski definition) is 7. The molecule has 2 aromatic rings. The van der Waals surface area contributed by atoms with Crippen LogP contribution in [0.25, 0.3) is 0 Å². The molecule has 1 aliphatic rings. The van der Waals surface area contributed by atoms with Gasteiger partial charge in [-0.15, -0.1) is 11.3 Å². The van der Waals surface area contributed by atoms with Crippen LogP contribution in [0, 0.1) is 0 Å². The second-order valence-corrected chi connectivity index (χ2v) is 6.37. The maximum absolute atomic E-state index is 12.2. The number of rotatable bonds is 4. The Morgan fingerprint density at radius 3 is 3.00 bits per heavy atom. The lowest BCUT2D eigenvalue weighted by Gasteiger charge is -2.28. The highest BCUT2D eigenvalue weighted by molar-refractivity contribution is 7.11. The van der Waals surface area contributed by atoms with Gasteiger partial charge in [0.05, 0.1) is 24.4 Å². The lowest BCUT2D eigenvalue weighted by atomic mass is 10.0. The van der Waals surface area contributed by atoms with Crippen molar-refractivity contribution in [3.63, 3.8) is 0 Å². The van der Waals surface area contributed by atoms with Crippen molar-refractivity contribution < 1.29 is 9.90 Å². The zero-order valence-corrected chi connectivity index (χ0v) is 13.0. The molecule has 0 aromatic carbocycles. The van der Waals surface area contributed by atoms with Crippen LogP contribution in [-0.4, -0.2) is 63.1 Å². The minimum absolute atomic E-state index is 0.117. The predicted molar refractivity (Wildman–Crippen MR) is 82.9 cm³/mol. The van der Waals surface area contributed by atoms with E-state index < -0.39 is 5.60 Å². The lowest BCUT2D eigenvalue weighted by Crippen LogP contribution is -2.45. The van der Waals surface area contributed by atoms with Crippen LogP contribution < -0.4 is 4.90 Å². The smallest absolute Gasteiger partial charge is 0.265 e. The van der Waals surface area contributed by atoms with E-state index >= 15 is 0 Å². The summed E-state index contributed by atoms with van der Waals surface area (Å²) in [6.45, 7) is 1.41. The molecule has 2 aromatic heterocycles. The van der Waals surface area contributed by atoms with Crippen molar-refractivity contribution in [2.75, 3.05) is 31.6 Å². The van der Waals surface area contributed by atoms with Crippen LogP contribution in [-0.2, 0) is 0 Å². The maximum Gasteiger partial charge on any atom is 0.265 e. The average molecular weight is 319 g/mol. The first-order chi connectivity index (χ1) is 10.6. The van der Waals surface area contributed by atoms with Crippen molar-refractivity contribution in [2.24, 2.45) is 0 Å². The molecule has 1 N–H and O–H groups in total. The molecule has 0 radical (unpaired) electrons. The summed E-state index contributed by atoms with van der Waals surface area (Å²) < 4.78 is 0. The molecule has 1 saturated heterocycles. The Morgan fingerprint density at radius 1 is 1.45 bits per heavy atom. The van der Waals surface area contributed by atoms with Crippen molar-refractivity contribution in [3.8, 4) is 0 Å². The molecule has 8 heteroatoms. The van der Waals surface area contributed by atoms with E-state index in [1.807, 2.05) is 4.90 Å². The van der Waals surface area contributed by atoms with Crippen LogP contribution in [0.1, 0.15) is 16.1 Å². The molecule has 0 saturated carbocycles. The van der Waals surface area contributed by atoms with Gasteiger partial charge in [-0.1, -0.05) is 0 Å². The molecule has 22 heavy (non-hydrogen) atoms. The number of nitrogens with zero attached hydrogens (tertiary/aromatic N) is 5. The molecule has 0 bridgehead atoms. The lowest BCUT2D eigenvalue weighted by molar-refractivity contribution is 0.0266. The van der Waals surface area contributed by atoms with Crippen molar-refractivity contribution in [1.29, 1.82) is 0 Å². The number of amides is 1. The third-order valence-corrected chi connectivity index (χ3v) is 4.49. The molecule has 0 spiro atoms. The molecular weight excluding hydrogens is 302 g/mol. The van der Waals surface area contributed by atoms with E-state index in [0.29, 0.717) is 24.4 Å². The van der Waals surface area contributed by atoms with Gasteiger partial charge in [-0.25, -0.2) is 4.98 Å². The van der Waals surface area contributed by atoms with Gasteiger partial charge in [0.15, 0.2) is 0 Å². The predicted octanol–water partition coefficient (Wildman–Crippen LogP) is 0.646. The normalized spacial score (nSPS) is 21.1. The number of hydrogen-bond donors (Lipinski definition) is 1. The van der Waals surface area contributed by atoms with Gasteiger partial charge in [0.1, 0.15) is 16.3 Å². The molecule has 7 nitrogen and oxygen atoms in total. The largest absolute Gasteiger partial charge is 0.386 e. The highest BCUT2D eigenvalue weighted by Gasteiger charge is 2.38. The van der Waals surface area contributed by atoms with Crippen LogP contribution in [0.4, 0.5) is 5.82 Å². The topological polar surface area (TPSA) is 82.5 Å². The zero-order chi connectivity index (χ0) is 15.6. The molecule has 116 valence electrons. The maximum atomic E-state index is 12.2. The first kappa shape index (κ1) is 14.9. The number of thiazole rings is 1. The summed E-state index contributed by atoms with van der Waals surface area (Å²) >= 11 is 1.30. The van der Waals surface area contributed by atoms with Gasteiger partial charge in [0, 0.05) is 32.5 Å². The van der Waals surface area contributed by atoms with Gasteiger partial charge in [-0.05, 0) is 6.42 Å². The van der Waals surface area contributed by atoms with Gasteiger partial charge in [0.25, 0.3) is 5.91 Å². The highest BCUT2D eigenvalue weighted by atomic mass is 32.1. The first-order valence-corrected chi connectivity index (χ1v) is 7.83. The van der Waals surface area contributed by atoms with Crippen molar-refractivity contribution in [2.45, 2.75) is 12.0 Å². The number of carbonyl (C=O) groups excluding carboxylic acids is 1. The summed E-state index contributed by atoms with van der Waals surface area (Å²) in [6, 6.07) is 0. The third-order valence-electron chi connectivity index (χ3n) is 3.73. The average Bonchev–Trinajstić information content (AvgIpc) is 3.17. The van der Waals surface area contributed by atoms with Gasteiger partial charge in [0.2, 0.25) is 0 Å². The molecule has 1 amide bonds. The Kier molecular flexibility index (Phi) is 4.04. The monoisotopic (exact) mass is 319 g/mol. The summed E-state index contributed by atoms with van der Waals surface area (Å²) in [5.74, 6) is 0.628. The molecule has 0 aliphatic carbocycles. The molecule has 1 atom stereocenters. The number of anilines is 1. The SMILES string of the molecule is CN(CC1(O)CCN(c2cnccn2)C1)C(=O)c1cncs1. The Hall–Kier alpha value is -2.06. The van der Waals surface area contributed by atoms with Crippen LogP contribution in [0.2, 0.25) is 0 Å². The Morgan fingerprint density at radius 2 is 2.32 bits per heavy atom. The number of aliphatic hydroxyl groups is 1. The fraction of sp³-hybridized carbons (Fsp3) is 0.429. The molecule has 3 rings (SSSR count).